The van der Waals surface area contributed by atoms with Crippen molar-refractivity contribution >= 4 is 17.6 Å². The maximum Gasteiger partial charge on any atom is 0.354 e. The van der Waals surface area contributed by atoms with Crippen LogP contribution in [0, 0.1) is 0 Å². The van der Waals surface area contributed by atoms with Gasteiger partial charge in [-0.2, -0.15) is 0 Å². The van der Waals surface area contributed by atoms with Crippen molar-refractivity contribution in [3.8, 4) is 5.75 Å². The number of ether oxygens (including phenoxy) is 1. The Morgan fingerprint density at radius 2 is 2.00 bits per heavy atom. The van der Waals surface area contributed by atoms with Crippen molar-refractivity contribution in [1.82, 2.24) is 9.97 Å². The number of nitrogens with zero attached hydrogens (tertiary/aromatic N) is 2. The third kappa shape index (κ3) is 4.43. The number of rotatable bonds is 6. The number of hydrogen-bond donors (Lipinski definition) is 1. The van der Waals surface area contributed by atoms with E-state index in [0.717, 1.165) is 12.2 Å². The second kappa shape index (κ2) is 7.04. The maximum atomic E-state index is 10.9. The highest BCUT2D eigenvalue weighted by Crippen LogP contribution is 2.13. The summed E-state index contributed by atoms with van der Waals surface area (Å²) in [5, 5.41) is 9.02. The number of halogens is 1. The topological polar surface area (TPSA) is 72.3 Å². The lowest BCUT2D eigenvalue weighted by atomic mass is 10.2. The molecule has 21 heavy (non-hydrogen) atoms. The summed E-state index contributed by atoms with van der Waals surface area (Å²) >= 11 is 5.77. The Morgan fingerprint density at radius 1 is 1.29 bits per heavy atom. The molecule has 0 unspecified atom stereocenters. The Balaban J connectivity index is 1.95. The van der Waals surface area contributed by atoms with Crippen molar-refractivity contribution < 1.29 is 14.6 Å². The van der Waals surface area contributed by atoms with Gasteiger partial charge in [0.2, 0.25) is 0 Å². The van der Waals surface area contributed by atoms with Gasteiger partial charge in [-0.3, -0.25) is 0 Å². The number of carboxylic acids is 1. The molecule has 0 radical (unpaired) electrons. The van der Waals surface area contributed by atoms with Crippen LogP contribution in [0.4, 0.5) is 0 Å². The van der Waals surface area contributed by atoms with Gasteiger partial charge in [0.15, 0.2) is 5.69 Å². The lowest BCUT2D eigenvalue weighted by molar-refractivity contribution is 0.0689. The first-order valence-corrected chi connectivity index (χ1v) is 6.94. The van der Waals surface area contributed by atoms with Crippen molar-refractivity contribution in [2.45, 2.75) is 19.8 Å². The number of aromatic nitrogens is 2. The molecule has 0 bridgehead atoms. The van der Waals surface area contributed by atoms with E-state index in [1.165, 1.54) is 11.6 Å². The molecule has 0 saturated heterocycles. The summed E-state index contributed by atoms with van der Waals surface area (Å²) in [6.45, 7) is 2.44. The van der Waals surface area contributed by atoms with Crippen LogP contribution in [0.2, 0.25) is 5.15 Å². The smallest absolute Gasteiger partial charge is 0.354 e. The van der Waals surface area contributed by atoms with E-state index in [1.54, 1.807) is 0 Å². The normalized spacial score (nSPS) is 10.4. The average Bonchev–Trinajstić information content (AvgIpc) is 2.47. The van der Waals surface area contributed by atoms with Crippen molar-refractivity contribution in [1.29, 1.82) is 0 Å². The van der Waals surface area contributed by atoms with Gasteiger partial charge in [0.1, 0.15) is 16.7 Å². The largest absolute Gasteiger partial charge is 0.493 e. The van der Waals surface area contributed by atoms with Gasteiger partial charge in [-0.25, -0.2) is 14.8 Å². The molecule has 110 valence electrons. The van der Waals surface area contributed by atoms with Gasteiger partial charge in [0, 0.05) is 12.5 Å². The molecular formula is C15H15ClN2O3. The van der Waals surface area contributed by atoms with Crippen LogP contribution < -0.4 is 4.74 Å². The molecular weight excluding hydrogens is 292 g/mol. The molecule has 0 aliphatic rings. The second-order valence-corrected chi connectivity index (χ2v) is 4.78. The van der Waals surface area contributed by atoms with Crippen LogP contribution in [-0.2, 0) is 12.8 Å². The van der Waals surface area contributed by atoms with Gasteiger partial charge in [-0.15, -0.1) is 0 Å². The lowest BCUT2D eigenvalue weighted by Gasteiger charge is -2.07. The Hall–Kier alpha value is -2.14. The molecule has 0 fully saturated rings. The highest BCUT2D eigenvalue weighted by atomic mass is 35.5. The minimum Gasteiger partial charge on any atom is -0.493 e. The first-order valence-electron chi connectivity index (χ1n) is 6.57. The molecule has 0 aliphatic carbocycles. The molecule has 0 aliphatic heterocycles. The third-order valence-electron chi connectivity index (χ3n) is 2.89. The number of carbonyl (C=O) groups is 1. The molecule has 0 atom stereocenters. The number of carboxylic acid groups (broad SMARTS) is 1. The van der Waals surface area contributed by atoms with Gasteiger partial charge < -0.3 is 9.84 Å². The molecule has 1 aromatic carbocycles. The van der Waals surface area contributed by atoms with Crippen LogP contribution >= 0.6 is 11.6 Å². The lowest BCUT2D eigenvalue weighted by Crippen LogP contribution is -2.09. The van der Waals surface area contributed by atoms with Gasteiger partial charge in [-0.1, -0.05) is 30.7 Å². The molecule has 1 aromatic heterocycles. The first-order chi connectivity index (χ1) is 10.1. The minimum absolute atomic E-state index is 0.114. The van der Waals surface area contributed by atoms with E-state index < -0.39 is 5.97 Å². The van der Waals surface area contributed by atoms with Crippen LogP contribution in [0.25, 0.3) is 0 Å². The summed E-state index contributed by atoms with van der Waals surface area (Å²) in [6, 6.07) is 9.04. The molecule has 1 heterocycles. The minimum atomic E-state index is -1.13. The first kappa shape index (κ1) is 15.3. The summed E-state index contributed by atoms with van der Waals surface area (Å²) in [7, 11) is 0. The summed E-state index contributed by atoms with van der Waals surface area (Å²) in [5.41, 5.74) is 1.13. The van der Waals surface area contributed by atoms with E-state index in [-0.39, 0.29) is 10.8 Å². The fraction of sp³-hybridized carbons (Fsp3) is 0.267. The quantitative estimate of drug-likeness (QED) is 0.831. The predicted octanol–water partition coefficient (Wildman–Crippen LogP) is 3.01. The number of hydrogen-bond acceptors (Lipinski definition) is 4. The van der Waals surface area contributed by atoms with Gasteiger partial charge in [0.25, 0.3) is 0 Å². The van der Waals surface area contributed by atoms with Crippen molar-refractivity contribution in [2.75, 3.05) is 6.61 Å². The second-order valence-electron chi connectivity index (χ2n) is 4.39. The van der Waals surface area contributed by atoms with Crippen molar-refractivity contribution in [3.63, 3.8) is 0 Å². The number of benzene rings is 1. The fourth-order valence-corrected chi connectivity index (χ4v) is 1.97. The van der Waals surface area contributed by atoms with Gasteiger partial charge >= 0.3 is 5.97 Å². The summed E-state index contributed by atoms with van der Waals surface area (Å²) in [6.07, 6.45) is 1.37. The van der Waals surface area contributed by atoms with Gasteiger partial charge in [-0.05, 0) is 24.1 Å². The Labute approximate surface area is 127 Å². The van der Waals surface area contributed by atoms with E-state index in [0.29, 0.717) is 18.9 Å². The van der Waals surface area contributed by atoms with Crippen molar-refractivity contribution in [2.24, 2.45) is 0 Å². The van der Waals surface area contributed by atoms with Crippen LogP contribution in [0.3, 0.4) is 0 Å². The Morgan fingerprint density at radius 3 is 2.62 bits per heavy atom. The third-order valence-corrected chi connectivity index (χ3v) is 3.08. The molecule has 0 amide bonds. The molecule has 0 saturated carbocycles. The molecule has 1 N–H and O–H groups in total. The molecule has 2 aromatic rings. The van der Waals surface area contributed by atoms with E-state index in [9.17, 15) is 4.79 Å². The molecule has 0 spiro atoms. The summed E-state index contributed by atoms with van der Waals surface area (Å²) < 4.78 is 5.58. The van der Waals surface area contributed by atoms with Gasteiger partial charge in [0.05, 0.1) is 6.61 Å². The Bertz CT molecular complexity index is 629. The average molecular weight is 307 g/mol. The van der Waals surface area contributed by atoms with Crippen LogP contribution in [0.1, 0.15) is 28.8 Å². The number of aromatic carboxylic acids is 1. The standard InChI is InChI=1S/C15H15ClN2O3/c1-2-10-3-5-11(6-4-10)21-8-7-14-17-12(15(19)20)9-13(16)18-14/h3-6,9H,2,7-8H2,1H3,(H,19,20). The molecule has 2 rings (SSSR count). The van der Waals surface area contributed by atoms with E-state index in [1.807, 2.05) is 24.3 Å². The molecule has 5 nitrogen and oxygen atoms in total. The predicted molar refractivity (Wildman–Crippen MR) is 79.0 cm³/mol. The SMILES string of the molecule is CCc1ccc(OCCc2nc(Cl)cc(C(=O)O)n2)cc1. The highest BCUT2D eigenvalue weighted by molar-refractivity contribution is 6.29. The highest BCUT2D eigenvalue weighted by Gasteiger charge is 2.09. The molecule has 6 heteroatoms. The van der Waals surface area contributed by atoms with Crippen LogP contribution in [0.5, 0.6) is 5.75 Å². The zero-order valence-corrected chi connectivity index (χ0v) is 12.3. The summed E-state index contributed by atoms with van der Waals surface area (Å²) in [5.74, 6) is -0.0191. The van der Waals surface area contributed by atoms with E-state index >= 15 is 0 Å². The van der Waals surface area contributed by atoms with Crippen molar-refractivity contribution in [3.05, 3.63) is 52.6 Å². The maximum absolute atomic E-state index is 10.9. The van der Waals surface area contributed by atoms with Crippen LogP contribution in [0.15, 0.2) is 30.3 Å². The monoisotopic (exact) mass is 306 g/mol. The van der Waals surface area contributed by atoms with E-state index in [2.05, 4.69) is 16.9 Å². The zero-order chi connectivity index (χ0) is 15.2. The van der Waals surface area contributed by atoms with E-state index in [4.69, 9.17) is 21.4 Å². The Kier molecular flexibility index (Phi) is 5.11. The number of aryl methyl sites for hydroxylation is 1. The zero-order valence-electron chi connectivity index (χ0n) is 11.5. The fourth-order valence-electron chi connectivity index (χ4n) is 1.77. The summed E-state index contributed by atoms with van der Waals surface area (Å²) in [4.78, 5) is 18.8. The van der Waals surface area contributed by atoms with Crippen LogP contribution in [-0.4, -0.2) is 27.7 Å².